The maximum atomic E-state index is 14.2. The van der Waals surface area contributed by atoms with Crippen molar-refractivity contribution in [2.45, 2.75) is 165 Å². The van der Waals surface area contributed by atoms with Crippen LogP contribution in [0.3, 0.4) is 0 Å². The van der Waals surface area contributed by atoms with E-state index in [0.29, 0.717) is 36.5 Å². The van der Waals surface area contributed by atoms with Gasteiger partial charge in [-0.3, -0.25) is 19.2 Å². The number of benzene rings is 2. The van der Waals surface area contributed by atoms with Crippen LogP contribution in [0.2, 0.25) is 0 Å². The molecule has 2 unspecified atom stereocenters. The minimum atomic E-state index is -1.28. The Kier molecular flexibility index (Phi) is 18.1. The standard InChI is InChI=1S/C21H30O4.C18H26FNO5.C16H25NO/c1-20-8-7-13(23)9-12(20)3-4-14-15-5-6-16(18(25)11-22)21(15,2)10-17(24)19(14)20;1-17(2,3)15(22)24-13-7-10(12(21)9-20)11(19)8-14(13)25-16(23)18(4,5)6;1-3-10-17(11-4-2)14-9-8-13-6-5-7-16(18)15(13)12-14/h9,14-17,19,22,24H,3-8,10-11H2,1-2H3;7-8,12,21H,9,20H2,1-6H3;5-7,14,18H,3-4,8-12H2,1-2H3/t14-,15-,16+,17-,19+,20-,21-;;/m0../s1. The lowest BCUT2D eigenvalue weighted by Gasteiger charge is -2.59. The second kappa shape index (κ2) is 22.4. The SMILES string of the molecule is CC(C)(C)C(=O)Oc1cc(F)c(C(O)CN)cc1OC(=O)C(C)(C)C.CCCN(CCC)C1CCc2cccc(O)c2C1.C[C@]12C[C@H](O)[C@H]3[C@@H](CCC4=CC(=O)CC[C@@]43C)[C@@H]1CC[C@@H]2C(=O)CO. The average molecular weight is 949 g/mol. The molecule has 3 saturated carbocycles. The molecule has 5 aliphatic carbocycles. The summed E-state index contributed by atoms with van der Waals surface area (Å²) in [7, 11) is 0. The summed E-state index contributed by atoms with van der Waals surface area (Å²) in [6.45, 7) is 20.5. The molecule has 5 aliphatic rings. The quantitative estimate of drug-likeness (QED) is 0.106. The number of halogens is 1. The van der Waals surface area contributed by atoms with Crippen LogP contribution in [0.4, 0.5) is 4.39 Å². The molecule has 7 rings (SSSR count). The molecule has 12 nitrogen and oxygen atoms in total. The smallest absolute Gasteiger partial charge is 0.316 e. The van der Waals surface area contributed by atoms with Gasteiger partial charge in [0.2, 0.25) is 0 Å². The first-order chi connectivity index (χ1) is 31.8. The first-order valence-electron chi connectivity index (χ1n) is 25.1. The number of Topliss-reactive ketones (excluding diaryl/α,β-unsaturated/α-hetero) is 1. The number of allylic oxidation sites excluding steroid dienone is 1. The molecular weight excluding hydrogens is 868 g/mol. The van der Waals surface area contributed by atoms with Gasteiger partial charge in [0.15, 0.2) is 23.1 Å². The highest BCUT2D eigenvalue weighted by Gasteiger charge is 2.62. The lowest BCUT2D eigenvalue weighted by atomic mass is 9.46. The number of esters is 2. The van der Waals surface area contributed by atoms with E-state index in [1.165, 1.54) is 49.1 Å². The summed E-state index contributed by atoms with van der Waals surface area (Å²) in [6, 6.07) is 8.60. The van der Waals surface area contributed by atoms with Crippen molar-refractivity contribution in [3.8, 4) is 17.2 Å². The zero-order chi connectivity index (χ0) is 50.5. The Morgan fingerprint density at radius 3 is 2.10 bits per heavy atom. The largest absolute Gasteiger partial charge is 0.508 e. The maximum Gasteiger partial charge on any atom is 0.316 e. The van der Waals surface area contributed by atoms with Gasteiger partial charge < -0.3 is 40.5 Å². The Morgan fingerprint density at radius 2 is 1.53 bits per heavy atom. The van der Waals surface area contributed by atoms with Gasteiger partial charge >= 0.3 is 11.9 Å². The number of phenols is 1. The van der Waals surface area contributed by atoms with Crippen LogP contribution < -0.4 is 15.2 Å². The second-order valence-corrected chi connectivity index (χ2v) is 22.6. The molecule has 3 fully saturated rings. The van der Waals surface area contributed by atoms with E-state index in [0.717, 1.165) is 57.1 Å². The molecule has 0 spiro atoms. The molecule has 9 atom stereocenters. The van der Waals surface area contributed by atoms with Crippen LogP contribution in [0.5, 0.6) is 17.2 Å². The fraction of sp³-hybridized carbons (Fsp3) is 0.673. The van der Waals surface area contributed by atoms with E-state index in [9.17, 15) is 44.0 Å². The molecule has 2 aromatic rings. The summed E-state index contributed by atoms with van der Waals surface area (Å²) in [5, 5.41) is 40.4. The van der Waals surface area contributed by atoms with Crippen LogP contribution in [0.15, 0.2) is 42.0 Å². The van der Waals surface area contributed by atoms with Gasteiger partial charge in [-0.15, -0.1) is 0 Å². The number of aliphatic hydroxyl groups is 3. The van der Waals surface area contributed by atoms with Crippen molar-refractivity contribution in [3.05, 3.63) is 64.5 Å². The number of nitrogens with two attached hydrogens (primary N) is 1. The van der Waals surface area contributed by atoms with Crippen molar-refractivity contribution in [1.82, 2.24) is 4.90 Å². The van der Waals surface area contributed by atoms with Crippen molar-refractivity contribution < 1.29 is 53.5 Å². The van der Waals surface area contributed by atoms with E-state index in [-0.39, 0.29) is 64.4 Å². The normalized spacial score (nSPS) is 27.9. The van der Waals surface area contributed by atoms with Crippen molar-refractivity contribution in [2.75, 3.05) is 26.2 Å². The highest BCUT2D eigenvalue weighted by molar-refractivity contribution is 5.91. The van der Waals surface area contributed by atoms with Gasteiger partial charge in [0.1, 0.15) is 18.2 Å². The fourth-order valence-electron chi connectivity index (χ4n) is 12.0. The van der Waals surface area contributed by atoms with Crippen molar-refractivity contribution in [1.29, 1.82) is 0 Å². The number of nitrogens with zero attached hydrogens (tertiary/aromatic N) is 1. The Morgan fingerprint density at radius 1 is 0.912 bits per heavy atom. The summed E-state index contributed by atoms with van der Waals surface area (Å²) < 4.78 is 24.7. The van der Waals surface area contributed by atoms with Crippen molar-refractivity contribution in [2.24, 2.45) is 51.1 Å². The number of hydrogen-bond acceptors (Lipinski definition) is 12. The first kappa shape index (κ1) is 54.9. The Labute approximate surface area is 404 Å². The summed E-state index contributed by atoms with van der Waals surface area (Å²) in [5.74, 6) is -0.806. The number of carbonyl (C=O) groups is 4. The lowest BCUT2D eigenvalue weighted by Crippen LogP contribution is -2.57. The predicted molar refractivity (Wildman–Crippen MR) is 260 cm³/mol. The number of fused-ring (bicyclic) bond motifs is 6. The van der Waals surface area contributed by atoms with Crippen LogP contribution in [0, 0.1) is 51.1 Å². The van der Waals surface area contributed by atoms with Crippen LogP contribution in [-0.2, 0) is 32.0 Å². The summed E-state index contributed by atoms with van der Waals surface area (Å²) in [4.78, 5) is 51.0. The molecule has 13 heteroatoms. The van der Waals surface area contributed by atoms with Gasteiger partial charge in [-0.1, -0.05) is 45.4 Å². The molecule has 2 aromatic carbocycles. The van der Waals surface area contributed by atoms with E-state index >= 15 is 0 Å². The molecule has 0 heterocycles. The highest BCUT2D eigenvalue weighted by Crippen LogP contribution is 2.66. The molecule has 378 valence electrons. The Bertz CT molecular complexity index is 2150. The van der Waals surface area contributed by atoms with Crippen LogP contribution in [0.25, 0.3) is 0 Å². The maximum absolute atomic E-state index is 14.2. The average Bonchev–Trinajstić information content (AvgIpc) is 3.62. The topological polar surface area (TPSA) is 197 Å². The molecule has 6 N–H and O–H groups in total. The number of rotatable bonds is 11. The van der Waals surface area contributed by atoms with Crippen molar-refractivity contribution >= 4 is 23.5 Å². The zero-order valence-electron chi connectivity index (χ0n) is 42.5. The van der Waals surface area contributed by atoms with E-state index in [4.69, 9.17) is 15.2 Å². The third-order valence-electron chi connectivity index (χ3n) is 15.7. The number of carbonyl (C=O) groups excluding carboxylic acids is 4. The highest BCUT2D eigenvalue weighted by atomic mass is 19.1. The zero-order valence-corrected chi connectivity index (χ0v) is 42.5. The molecular formula is C55H81FN2O10. The van der Waals surface area contributed by atoms with Crippen LogP contribution in [0.1, 0.15) is 156 Å². The predicted octanol–water partition coefficient (Wildman–Crippen LogP) is 8.76. The summed E-state index contributed by atoms with van der Waals surface area (Å²) in [5.41, 5.74) is 7.06. The third-order valence-corrected chi connectivity index (χ3v) is 15.7. The van der Waals surface area contributed by atoms with E-state index in [1.54, 1.807) is 41.5 Å². The second-order valence-electron chi connectivity index (χ2n) is 22.6. The third kappa shape index (κ3) is 12.1. The molecule has 0 aromatic heterocycles. The first-order valence-corrected chi connectivity index (χ1v) is 25.1. The lowest BCUT2D eigenvalue weighted by molar-refractivity contribution is -0.146. The Hall–Kier alpha value is -4.01. The summed E-state index contributed by atoms with van der Waals surface area (Å²) in [6.07, 6.45) is 11.8. The molecule has 0 saturated heterocycles. The van der Waals surface area contributed by atoms with Gasteiger partial charge in [0.05, 0.1) is 23.0 Å². The number of ether oxygens (including phenoxy) is 2. The van der Waals surface area contributed by atoms with Gasteiger partial charge in [-0.2, -0.15) is 0 Å². The minimum Gasteiger partial charge on any atom is -0.508 e. The Balaban J connectivity index is 0.000000194. The number of aryl methyl sites for hydroxylation is 1. The van der Waals surface area contributed by atoms with E-state index < -0.39 is 40.8 Å². The van der Waals surface area contributed by atoms with Gasteiger partial charge in [0, 0.05) is 36.6 Å². The monoisotopic (exact) mass is 949 g/mol. The van der Waals surface area contributed by atoms with Gasteiger partial charge in [-0.05, 0) is 183 Å². The number of aromatic hydroxyl groups is 1. The van der Waals surface area contributed by atoms with Gasteiger partial charge in [0.25, 0.3) is 0 Å². The fourth-order valence-corrected chi connectivity index (χ4v) is 12.0. The number of hydrogen-bond donors (Lipinski definition) is 5. The molecule has 0 bridgehead atoms. The van der Waals surface area contributed by atoms with Crippen LogP contribution in [-0.4, -0.2) is 87.2 Å². The molecule has 0 amide bonds. The van der Waals surface area contributed by atoms with Crippen molar-refractivity contribution in [3.63, 3.8) is 0 Å². The van der Waals surface area contributed by atoms with E-state index in [2.05, 4.69) is 38.7 Å². The minimum absolute atomic E-state index is 0.0541. The molecule has 0 radical (unpaired) electrons. The van der Waals surface area contributed by atoms with Gasteiger partial charge in [-0.25, -0.2) is 4.39 Å². The number of aliphatic hydroxyl groups excluding tert-OH is 3. The van der Waals surface area contributed by atoms with Crippen LogP contribution >= 0.6 is 0 Å². The molecule has 68 heavy (non-hydrogen) atoms. The molecule has 0 aliphatic heterocycles. The number of ketones is 2. The summed E-state index contributed by atoms with van der Waals surface area (Å²) >= 11 is 0. The van der Waals surface area contributed by atoms with E-state index in [1.807, 2.05) is 18.2 Å². The number of phenolic OH excluding ortho intramolecular Hbond substituents is 1.